The fraction of sp³-hybridized carbons (Fsp3) is 0.538. The summed E-state index contributed by atoms with van der Waals surface area (Å²) >= 11 is 1.61. The van der Waals surface area contributed by atoms with Crippen molar-refractivity contribution in [3.63, 3.8) is 0 Å². The molecule has 2 aromatic rings. The maximum Gasteiger partial charge on any atom is 0.226 e. The molecule has 6 heteroatoms. The molecule has 0 saturated heterocycles. The van der Waals surface area contributed by atoms with E-state index in [9.17, 15) is 0 Å². The molecule has 0 aliphatic carbocycles. The first-order valence-corrected chi connectivity index (χ1v) is 7.51. The Morgan fingerprint density at radius 3 is 2.74 bits per heavy atom. The van der Waals surface area contributed by atoms with Gasteiger partial charge in [-0.05, 0) is 31.0 Å². The zero-order chi connectivity index (χ0) is 13.8. The Morgan fingerprint density at radius 2 is 2.05 bits per heavy atom. The number of rotatable bonds is 6. The molecule has 0 atom stereocenters. The second kappa shape index (κ2) is 6.16. The second-order valence-electron chi connectivity index (χ2n) is 4.48. The van der Waals surface area contributed by atoms with E-state index < -0.39 is 0 Å². The van der Waals surface area contributed by atoms with E-state index >= 15 is 0 Å². The second-order valence-corrected chi connectivity index (χ2v) is 5.34. The highest BCUT2D eigenvalue weighted by atomic mass is 32.1. The molecule has 3 N–H and O–H groups in total. The first kappa shape index (κ1) is 14.0. The number of nitrogens with one attached hydrogen (secondary N) is 1. The zero-order valence-corrected chi connectivity index (χ0v) is 12.5. The summed E-state index contributed by atoms with van der Waals surface area (Å²) in [5, 5.41) is 6.30. The highest BCUT2D eigenvalue weighted by Gasteiger charge is 2.09. The van der Waals surface area contributed by atoms with Gasteiger partial charge in [0.15, 0.2) is 0 Å². The van der Waals surface area contributed by atoms with Crippen LogP contribution < -0.4 is 11.1 Å². The molecule has 0 aliphatic heterocycles. The maximum atomic E-state index is 5.99. The van der Waals surface area contributed by atoms with Gasteiger partial charge in [0.25, 0.3) is 0 Å². The first-order valence-electron chi connectivity index (χ1n) is 6.63. The Hall–Kier alpha value is -1.40. The monoisotopic (exact) mass is 279 g/mol. The van der Waals surface area contributed by atoms with Crippen molar-refractivity contribution in [2.75, 3.05) is 37.2 Å². The average Bonchev–Trinajstić information content (AvgIpc) is 2.77. The number of nitrogen functional groups attached to an aromatic ring is 1. The number of hydrogen-bond donors (Lipinski definition) is 2. The predicted molar refractivity (Wildman–Crippen MR) is 82.8 cm³/mol. The van der Waals surface area contributed by atoms with E-state index in [1.165, 1.54) is 0 Å². The van der Waals surface area contributed by atoms with Gasteiger partial charge in [-0.1, -0.05) is 13.8 Å². The van der Waals surface area contributed by atoms with Crippen LogP contribution in [0.4, 0.5) is 11.8 Å². The number of likely N-dealkylation sites (N-methyl/N-ethyl adjacent to an activating group) is 1. The molecule has 0 fully saturated rings. The van der Waals surface area contributed by atoms with Gasteiger partial charge in [0.2, 0.25) is 5.95 Å². The fourth-order valence-electron chi connectivity index (χ4n) is 2.06. The van der Waals surface area contributed by atoms with Gasteiger partial charge in [0, 0.05) is 13.1 Å². The number of aryl methyl sites for hydroxylation is 1. The Kier molecular flexibility index (Phi) is 4.55. The summed E-state index contributed by atoms with van der Waals surface area (Å²) in [6.45, 7) is 10.3. The van der Waals surface area contributed by atoms with Crippen LogP contribution in [-0.4, -0.2) is 41.0 Å². The van der Waals surface area contributed by atoms with Crippen molar-refractivity contribution in [1.82, 2.24) is 14.9 Å². The Bertz CT molecular complexity index is 547. The quantitative estimate of drug-likeness (QED) is 0.849. The van der Waals surface area contributed by atoms with E-state index in [1.54, 1.807) is 11.3 Å². The van der Waals surface area contributed by atoms with Crippen molar-refractivity contribution in [2.24, 2.45) is 0 Å². The maximum absolute atomic E-state index is 5.99. The molecular formula is C13H21N5S. The molecule has 5 nitrogen and oxygen atoms in total. The minimum atomic E-state index is 0.564. The minimum absolute atomic E-state index is 0.564. The summed E-state index contributed by atoms with van der Waals surface area (Å²) in [6, 6.07) is 0. The van der Waals surface area contributed by atoms with Crippen molar-refractivity contribution < 1.29 is 0 Å². The van der Waals surface area contributed by atoms with E-state index in [-0.39, 0.29) is 0 Å². The van der Waals surface area contributed by atoms with Crippen LogP contribution >= 0.6 is 11.3 Å². The largest absolute Gasteiger partial charge is 0.383 e. The molecule has 0 unspecified atom stereocenters. The van der Waals surface area contributed by atoms with Crippen LogP contribution in [0.25, 0.3) is 10.2 Å². The molecule has 2 rings (SSSR count). The third-order valence-electron chi connectivity index (χ3n) is 3.25. The molecule has 0 amide bonds. The Balaban J connectivity index is 2.05. The third kappa shape index (κ3) is 3.13. The van der Waals surface area contributed by atoms with Crippen molar-refractivity contribution in [1.29, 1.82) is 0 Å². The van der Waals surface area contributed by atoms with Crippen molar-refractivity contribution in [2.45, 2.75) is 20.8 Å². The summed E-state index contributed by atoms with van der Waals surface area (Å²) in [5.74, 6) is 1.19. The third-order valence-corrected chi connectivity index (χ3v) is 4.24. The SMILES string of the molecule is CCN(CC)CCNc1nc(N)c2c(C)csc2n1. The Morgan fingerprint density at radius 1 is 1.32 bits per heavy atom. The molecule has 2 aromatic heterocycles. The molecule has 19 heavy (non-hydrogen) atoms. The van der Waals surface area contributed by atoms with Gasteiger partial charge in [-0.25, -0.2) is 4.98 Å². The lowest BCUT2D eigenvalue weighted by Gasteiger charge is -2.17. The number of fused-ring (bicyclic) bond motifs is 1. The molecule has 0 spiro atoms. The average molecular weight is 279 g/mol. The molecule has 0 radical (unpaired) electrons. The van der Waals surface area contributed by atoms with E-state index in [2.05, 4.69) is 39.4 Å². The van der Waals surface area contributed by atoms with E-state index in [0.717, 1.165) is 42.0 Å². The minimum Gasteiger partial charge on any atom is -0.383 e. The summed E-state index contributed by atoms with van der Waals surface area (Å²) in [5.41, 5.74) is 7.14. The van der Waals surface area contributed by atoms with Crippen LogP contribution in [0.5, 0.6) is 0 Å². The molecule has 0 aliphatic rings. The van der Waals surface area contributed by atoms with Crippen molar-refractivity contribution >= 4 is 33.3 Å². The van der Waals surface area contributed by atoms with Gasteiger partial charge in [0.05, 0.1) is 5.39 Å². The van der Waals surface area contributed by atoms with Gasteiger partial charge in [-0.2, -0.15) is 4.98 Å². The normalized spacial score (nSPS) is 11.4. The number of anilines is 2. The van der Waals surface area contributed by atoms with Crippen LogP contribution in [0.15, 0.2) is 5.38 Å². The number of aromatic nitrogens is 2. The van der Waals surface area contributed by atoms with Crippen molar-refractivity contribution in [3.05, 3.63) is 10.9 Å². The molecular weight excluding hydrogens is 258 g/mol. The highest BCUT2D eigenvalue weighted by molar-refractivity contribution is 7.17. The highest BCUT2D eigenvalue weighted by Crippen LogP contribution is 2.28. The summed E-state index contributed by atoms with van der Waals surface area (Å²) in [6.07, 6.45) is 0. The van der Waals surface area contributed by atoms with E-state index in [1.807, 2.05) is 6.92 Å². The molecule has 0 bridgehead atoms. The first-order chi connectivity index (χ1) is 9.15. The van der Waals surface area contributed by atoms with Gasteiger partial charge in [-0.3, -0.25) is 0 Å². The topological polar surface area (TPSA) is 67.1 Å². The predicted octanol–water partition coefficient (Wildman–Crippen LogP) is 2.34. The van der Waals surface area contributed by atoms with Gasteiger partial charge >= 0.3 is 0 Å². The summed E-state index contributed by atoms with van der Waals surface area (Å²) < 4.78 is 0. The zero-order valence-electron chi connectivity index (χ0n) is 11.7. The van der Waals surface area contributed by atoms with E-state index in [4.69, 9.17) is 5.73 Å². The van der Waals surface area contributed by atoms with Gasteiger partial charge in [-0.15, -0.1) is 11.3 Å². The molecule has 2 heterocycles. The standard InChI is InChI=1S/C13H21N5S/c1-4-18(5-2)7-6-15-13-16-11(14)10-9(3)8-19-12(10)17-13/h8H,4-7H2,1-3H3,(H3,14,15,16,17). The van der Waals surface area contributed by atoms with Crippen LogP contribution in [0.3, 0.4) is 0 Å². The van der Waals surface area contributed by atoms with Crippen molar-refractivity contribution in [3.8, 4) is 0 Å². The van der Waals surface area contributed by atoms with Crippen LogP contribution in [0.1, 0.15) is 19.4 Å². The summed E-state index contributed by atoms with van der Waals surface area (Å²) in [7, 11) is 0. The van der Waals surface area contributed by atoms with Crippen LogP contribution in [0.2, 0.25) is 0 Å². The fourth-order valence-corrected chi connectivity index (χ4v) is 2.99. The number of thiophene rings is 1. The summed E-state index contributed by atoms with van der Waals surface area (Å²) in [4.78, 5) is 12.1. The molecule has 0 aromatic carbocycles. The van der Waals surface area contributed by atoms with Gasteiger partial charge < -0.3 is 16.0 Å². The molecule has 0 saturated carbocycles. The molecule has 104 valence electrons. The van der Waals surface area contributed by atoms with E-state index in [0.29, 0.717) is 11.8 Å². The lowest BCUT2D eigenvalue weighted by molar-refractivity contribution is 0.316. The lowest BCUT2D eigenvalue weighted by atomic mass is 10.2. The number of hydrogen-bond acceptors (Lipinski definition) is 6. The Labute approximate surface area is 117 Å². The number of nitrogens with zero attached hydrogens (tertiary/aromatic N) is 3. The number of nitrogens with two attached hydrogens (primary N) is 1. The smallest absolute Gasteiger partial charge is 0.226 e. The van der Waals surface area contributed by atoms with Crippen LogP contribution in [-0.2, 0) is 0 Å². The van der Waals surface area contributed by atoms with Crippen LogP contribution in [0, 0.1) is 6.92 Å². The lowest BCUT2D eigenvalue weighted by Crippen LogP contribution is -2.29. The van der Waals surface area contributed by atoms with Gasteiger partial charge in [0.1, 0.15) is 10.6 Å².